The van der Waals surface area contributed by atoms with Crippen molar-refractivity contribution in [3.05, 3.63) is 0 Å². The summed E-state index contributed by atoms with van der Waals surface area (Å²) in [6.07, 6.45) is 4.12. The van der Waals surface area contributed by atoms with E-state index in [4.69, 9.17) is 11.6 Å². The summed E-state index contributed by atoms with van der Waals surface area (Å²) in [6, 6.07) is 0. The zero-order valence-electron chi connectivity index (χ0n) is 6.00. The molecular formula is C8H12BrCl. The molecule has 0 atom stereocenters. The number of hydrogen-bond acceptors (Lipinski definition) is 0. The molecule has 0 saturated heterocycles. The van der Waals surface area contributed by atoms with Gasteiger partial charge in [-0.1, -0.05) is 15.9 Å². The van der Waals surface area contributed by atoms with E-state index in [1.165, 1.54) is 0 Å². The molecule has 0 radical (unpaired) electrons. The quantitative estimate of drug-likeness (QED) is 0.390. The SMILES string of the molecule is ClCCCC#CCCCBr. The summed E-state index contributed by atoms with van der Waals surface area (Å²) in [5.74, 6) is 6.88. The third-order valence-corrected chi connectivity index (χ3v) is 1.82. The van der Waals surface area contributed by atoms with E-state index in [0.717, 1.165) is 36.9 Å². The smallest absolute Gasteiger partial charge is 0.0232 e. The fourth-order valence-corrected chi connectivity index (χ4v) is 0.901. The molecule has 0 rings (SSSR count). The van der Waals surface area contributed by atoms with Crippen molar-refractivity contribution >= 4 is 27.5 Å². The van der Waals surface area contributed by atoms with Crippen LogP contribution in [-0.2, 0) is 0 Å². The van der Waals surface area contributed by atoms with Crippen LogP contribution in [-0.4, -0.2) is 11.2 Å². The van der Waals surface area contributed by atoms with Crippen LogP contribution in [0.1, 0.15) is 25.7 Å². The summed E-state index contributed by atoms with van der Waals surface area (Å²) in [7, 11) is 0. The van der Waals surface area contributed by atoms with Gasteiger partial charge in [-0.15, -0.1) is 23.4 Å². The molecule has 0 aromatic heterocycles. The third kappa shape index (κ3) is 8.33. The van der Waals surface area contributed by atoms with Gasteiger partial charge < -0.3 is 0 Å². The number of halogens is 2. The van der Waals surface area contributed by atoms with E-state index in [-0.39, 0.29) is 0 Å². The first kappa shape index (κ1) is 10.3. The maximum atomic E-state index is 5.47. The van der Waals surface area contributed by atoms with E-state index >= 15 is 0 Å². The van der Waals surface area contributed by atoms with Gasteiger partial charge in [0.15, 0.2) is 0 Å². The standard InChI is InChI=1S/C8H12BrCl/c9-7-5-3-1-2-4-6-8-10/h3-8H2. The Labute approximate surface area is 76.5 Å². The highest BCUT2D eigenvalue weighted by atomic mass is 79.9. The molecule has 0 aromatic rings. The molecule has 0 aliphatic heterocycles. The van der Waals surface area contributed by atoms with Gasteiger partial charge in [0, 0.05) is 24.1 Å². The molecule has 0 amide bonds. The van der Waals surface area contributed by atoms with Crippen molar-refractivity contribution in [3.8, 4) is 11.8 Å². The number of alkyl halides is 2. The second-order valence-electron chi connectivity index (χ2n) is 1.94. The van der Waals surface area contributed by atoms with Crippen LogP contribution in [0.25, 0.3) is 0 Å². The zero-order valence-corrected chi connectivity index (χ0v) is 8.34. The Morgan fingerprint density at radius 1 is 1.10 bits per heavy atom. The van der Waals surface area contributed by atoms with E-state index in [1.807, 2.05) is 0 Å². The summed E-state index contributed by atoms with van der Waals surface area (Å²) in [6.45, 7) is 0. The van der Waals surface area contributed by atoms with Crippen molar-refractivity contribution in [1.29, 1.82) is 0 Å². The third-order valence-electron chi connectivity index (χ3n) is 0.996. The molecule has 0 spiro atoms. The second kappa shape index (κ2) is 9.33. The molecule has 0 unspecified atom stereocenters. The molecule has 0 nitrogen and oxygen atoms in total. The van der Waals surface area contributed by atoms with Crippen molar-refractivity contribution in [2.75, 3.05) is 11.2 Å². The van der Waals surface area contributed by atoms with Gasteiger partial charge in [-0.3, -0.25) is 0 Å². The second-order valence-corrected chi connectivity index (χ2v) is 3.11. The summed E-state index contributed by atoms with van der Waals surface area (Å²) in [5.41, 5.74) is 0. The molecule has 58 valence electrons. The van der Waals surface area contributed by atoms with Crippen molar-refractivity contribution < 1.29 is 0 Å². The van der Waals surface area contributed by atoms with Gasteiger partial charge in [-0.25, -0.2) is 0 Å². The van der Waals surface area contributed by atoms with Crippen LogP contribution >= 0.6 is 27.5 Å². The molecule has 0 fully saturated rings. The number of hydrogen-bond donors (Lipinski definition) is 0. The molecule has 0 saturated carbocycles. The van der Waals surface area contributed by atoms with Crippen LogP contribution in [0.2, 0.25) is 0 Å². The van der Waals surface area contributed by atoms with Gasteiger partial charge in [-0.2, -0.15) is 0 Å². The maximum absolute atomic E-state index is 5.47. The molecule has 0 aliphatic carbocycles. The highest BCUT2D eigenvalue weighted by molar-refractivity contribution is 9.09. The lowest BCUT2D eigenvalue weighted by Crippen LogP contribution is -1.73. The summed E-state index contributed by atoms with van der Waals surface area (Å²) in [4.78, 5) is 0. The van der Waals surface area contributed by atoms with E-state index in [2.05, 4.69) is 27.8 Å². The van der Waals surface area contributed by atoms with E-state index < -0.39 is 0 Å². The normalized spacial score (nSPS) is 8.60. The largest absolute Gasteiger partial charge is 0.127 e. The Bertz CT molecular complexity index is 100. The average Bonchev–Trinajstić information content (AvgIpc) is 1.97. The highest BCUT2D eigenvalue weighted by Crippen LogP contribution is 1.93. The molecular weight excluding hydrogens is 211 g/mol. The van der Waals surface area contributed by atoms with Crippen LogP contribution < -0.4 is 0 Å². The molecule has 2 heteroatoms. The van der Waals surface area contributed by atoms with E-state index in [9.17, 15) is 0 Å². The van der Waals surface area contributed by atoms with Crippen molar-refractivity contribution in [2.24, 2.45) is 0 Å². The lowest BCUT2D eigenvalue weighted by molar-refractivity contribution is 0.974. The lowest BCUT2D eigenvalue weighted by Gasteiger charge is -1.84. The van der Waals surface area contributed by atoms with Crippen molar-refractivity contribution in [2.45, 2.75) is 25.7 Å². The summed E-state index contributed by atoms with van der Waals surface area (Å²) >= 11 is 8.81. The number of unbranched alkanes of at least 4 members (excludes halogenated alkanes) is 2. The Kier molecular flexibility index (Phi) is 9.64. The Morgan fingerprint density at radius 3 is 2.20 bits per heavy atom. The Hall–Kier alpha value is 0.330. The minimum Gasteiger partial charge on any atom is -0.127 e. The molecule has 0 heterocycles. The first-order chi connectivity index (χ1) is 4.91. The molecule has 0 aromatic carbocycles. The minimum absolute atomic E-state index is 0.729. The van der Waals surface area contributed by atoms with Crippen molar-refractivity contribution in [1.82, 2.24) is 0 Å². The van der Waals surface area contributed by atoms with Crippen LogP contribution in [0.3, 0.4) is 0 Å². The molecule has 0 N–H and O–H groups in total. The van der Waals surface area contributed by atoms with Gasteiger partial charge in [0.1, 0.15) is 0 Å². The molecule has 10 heavy (non-hydrogen) atoms. The zero-order chi connectivity index (χ0) is 7.66. The van der Waals surface area contributed by atoms with E-state index in [1.54, 1.807) is 0 Å². The predicted molar refractivity (Wildman–Crippen MR) is 50.8 cm³/mol. The Morgan fingerprint density at radius 2 is 1.70 bits per heavy atom. The minimum atomic E-state index is 0.729. The van der Waals surface area contributed by atoms with Crippen LogP contribution in [0, 0.1) is 11.8 Å². The van der Waals surface area contributed by atoms with Gasteiger partial charge in [0.25, 0.3) is 0 Å². The topological polar surface area (TPSA) is 0 Å². The lowest BCUT2D eigenvalue weighted by atomic mass is 10.3. The van der Waals surface area contributed by atoms with Crippen LogP contribution in [0.4, 0.5) is 0 Å². The highest BCUT2D eigenvalue weighted by Gasteiger charge is 1.78. The Balaban J connectivity index is 2.98. The summed E-state index contributed by atoms with van der Waals surface area (Å²) < 4.78 is 0. The fourth-order valence-electron chi connectivity index (χ4n) is 0.487. The maximum Gasteiger partial charge on any atom is 0.0232 e. The average molecular weight is 224 g/mol. The first-order valence-electron chi connectivity index (χ1n) is 3.49. The van der Waals surface area contributed by atoms with E-state index in [0.29, 0.717) is 0 Å². The molecule has 0 bridgehead atoms. The van der Waals surface area contributed by atoms with Crippen LogP contribution in [0.5, 0.6) is 0 Å². The van der Waals surface area contributed by atoms with Gasteiger partial charge >= 0.3 is 0 Å². The van der Waals surface area contributed by atoms with Crippen molar-refractivity contribution in [3.63, 3.8) is 0 Å². The monoisotopic (exact) mass is 222 g/mol. The number of rotatable bonds is 4. The predicted octanol–water partition coefficient (Wildman–Crippen LogP) is 3.18. The fraction of sp³-hybridized carbons (Fsp3) is 0.750. The first-order valence-corrected chi connectivity index (χ1v) is 5.15. The summed E-state index contributed by atoms with van der Waals surface area (Å²) in [5, 5.41) is 1.05. The van der Waals surface area contributed by atoms with Crippen LogP contribution in [0.15, 0.2) is 0 Å². The van der Waals surface area contributed by atoms with Gasteiger partial charge in [0.05, 0.1) is 0 Å². The van der Waals surface area contributed by atoms with Gasteiger partial charge in [0.2, 0.25) is 0 Å². The molecule has 0 aliphatic rings. The van der Waals surface area contributed by atoms with Gasteiger partial charge in [-0.05, 0) is 12.8 Å².